The zero-order valence-corrected chi connectivity index (χ0v) is 7.92. The molecule has 0 heterocycles. The van der Waals surface area contributed by atoms with E-state index in [0.717, 1.165) is 0 Å². The standard InChI is InChI=1S/BF4.BH4.2Ca.4H/c2-1(3,4)5;;;;;;;/h;1H4;;;;;;/q2*-1;2*+2;4*-1. The molecule has 0 radical (unpaired) electrons. The summed E-state index contributed by atoms with van der Waals surface area (Å²) >= 11 is 0. The van der Waals surface area contributed by atoms with E-state index < -0.39 is 7.25 Å². The third-order valence-corrected chi connectivity index (χ3v) is 0. The summed E-state index contributed by atoms with van der Waals surface area (Å²) in [5.74, 6) is 0. The van der Waals surface area contributed by atoms with Gasteiger partial charge in [-0.15, -0.1) is 0 Å². The van der Waals surface area contributed by atoms with E-state index in [1.807, 2.05) is 0 Å². The molecule has 0 N–H and O–H groups in total. The molecule has 0 rings (SSSR count). The normalized spacial score (nSPS) is 7.50. The van der Waals surface area contributed by atoms with Crippen molar-refractivity contribution in [1.82, 2.24) is 0 Å². The molecule has 0 aliphatic carbocycles. The fourth-order valence-electron chi connectivity index (χ4n) is 0. The molecule has 48 valence electrons. The van der Waals surface area contributed by atoms with Gasteiger partial charge in [-0.25, -0.2) is 0 Å². The van der Waals surface area contributed by atoms with E-state index in [2.05, 4.69) is 0 Å². The summed E-state index contributed by atoms with van der Waals surface area (Å²) in [5.41, 5.74) is 0. The molecule has 0 aliphatic heterocycles. The van der Waals surface area contributed by atoms with Crippen LogP contribution in [0.4, 0.5) is 17.3 Å². The van der Waals surface area contributed by atoms with Gasteiger partial charge in [-0.1, -0.05) is 8.41 Å². The molecule has 0 nitrogen and oxygen atoms in total. The number of rotatable bonds is 0. The number of hydrogen-bond donors (Lipinski definition) is 0. The van der Waals surface area contributed by atoms with Crippen LogP contribution in [0.5, 0.6) is 0 Å². The molecule has 0 fully saturated rings. The Hall–Kier alpha value is 2.37. The van der Waals surface area contributed by atoms with Gasteiger partial charge in [0.2, 0.25) is 0 Å². The van der Waals surface area contributed by atoms with E-state index in [1.165, 1.54) is 0 Å². The second-order valence-electron chi connectivity index (χ2n) is 0.495. The van der Waals surface area contributed by atoms with Crippen LogP contribution in [0.3, 0.4) is 0 Å². The minimum atomic E-state index is -6.00. The van der Waals surface area contributed by atoms with Gasteiger partial charge in [0.1, 0.15) is 0 Å². The minimum Gasteiger partial charge on any atom is -1.00 e. The smallest absolute Gasteiger partial charge is 1.00 e. The third kappa shape index (κ3) is 81.0. The molecule has 0 aliphatic rings. The van der Waals surface area contributed by atoms with Crippen LogP contribution in [0.2, 0.25) is 0 Å². The van der Waals surface area contributed by atoms with Crippen molar-refractivity contribution in [2.24, 2.45) is 0 Å². The fraction of sp³-hybridized carbons (Fsp3) is 0. The van der Waals surface area contributed by atoms with E-state index in [1.54, 1.807) is 0 Å². The predicted molar refractivity (Wildman–Crippen MR) is 37.5 cm³/mol. The molecular weight excluding hydrogens is 178 g/mol. The molecule has 0 bridgehead atoms. The van der Waals surface area contributed by atoms with Gasteiger partial charge < -0.3 is 23.0 Å². The second-order valence-corrected chi connectivity index (χ2v) is 0.495. The third-order valence-electron chi connectivity index (χ3n) is 0. The summed E-state index contributed by atoms with van der Waals surface area (Å²) in [7, 11) is -6.00. The Morgan fingerprint density at radius 3 is 0.875 bits per heavy atom. The molecule has 8 heteroatoms. The van der Waals surface area contributed by atoms with Crippen LogP contribution < -0.4 is 0 Å². The van der Waals surface area contributed by atoms with Gasteiger partial charge in [0.25, 0.3) is 0 Å². The van der Waals surface area contributed by atoms with Crippen LogP contribution >= 0.6 is 0 Å². The van der Waals surface area contributed by atoms with Crippen molar-refractivity contribution >= 4 is 91.1 Å². The molecular formula is H8B2Ca2F4-2. The molecule has 0 atom stereocenters. The predicted octanol–water partition coefficient (Wildman–Crippen LogP) is -0.463. The largest absolute Gasteiger partial charge is 2.00 e. The summed E-state index contributed by atoms with van der Waals surface area (Å²) in [6.45, 7) is 0. The van der Waals surface area contributed by atoms with Crippen molar-refractivity contribution in [2.45, 2.75) is 0 Å². The second kappa shape index (κ2) is 9.37. The first-order valence-electron chi connectivity index (χ1n) is 0.873. The van der Waals surface area contributed by atoms with E-state index in [4.69, 9.17) is 0 Å². The Kier molecular flexibility index (Phi) is 26.3. The van der Waals surface area contributed by atoms with Crippen molar-refractivity contribution in [3.8, 4) is 0 Å². The molecule has 0 spiro atoms. The molecule has 0 aromatic rings. The molecule has 0 aromatic heterocycles. The monoisotopic (exact) mass is 186 g/mol. The van der Waals surface area contributed by atoms with Crippen molar-refractivity contribution in [1.29, 1.82) is 0 Å². The van der Waals surface area contributed by atoms with Gasteiger partial charge >= 0.3 is 82.7 Å². The Morgan fingerprint density at radius 1 is 0.875 bits per heavy atom. The minimum absolute atomic E-state index is 0. The van der Waals surface area contributed by atoms with Gasteiger partial charge in [0, 0.05) is 0 Å². The molecule has 0 unspecified atom stereocenters. The van der Waals surface area contributed by atoms with Crippen LogP contribution in [0.1, 0.15) is 5.71 Å². The van der Waals surface area contributed by atoms with Crippen molar-refractivity contribution in [2.75, 3.05) is 0 Å². The van der Waals surface area contributed by atoms with Crippen LogP contribution in [-0.2, 0) is 0 Å². The van der Waals surface area contributed by atoms with Gasteiger partial charge in [0.15, 0.2) is 0 Å². The van der Waals surface area contributed by atoms with E-state index >= 15 is 0 Å². The summed E-state index contributed by atoms with van der Waals surface area (Å²) in [4.78, 5) is 0. The van der Waals surface area contributed by atoms with Crippen molar-refractivity contribution in [3.63, 3.8) is 0 Å². The SMILES string of the molecule is F[B-](F)(F)F.[BH4-].[Ca+2].[Ca+2].[H-].[H-].[H-].[H-]. The summed E-state index contributed by atoms with van der Waals surface area (Å²) in [5, 5.41) is 0. The quantitative estimate of drug-likeness (QED) is 0.354. The van der Waals surface area contributed by atoms with Crippen molar-refractivity contribution in [3.05, 3.63) is 0 Å². The first-order chi connectivity index (χ1) is 2.00. The number of halogens is 4. The Balaban J connectivity index is -0.00000000381. The van der Waals surface area contributed by atoms with Gasteiger partial charge in [-0.3, -0.25) is 0 Å². The zero-order chi connectivity index (χ0) is 4.50. The van der Waals surface area contributed by atoms with E-state index in [9.17, 15) is 17.3 Å². The fourth-order valence-corrected chi connectivity index (χ4v) is 0. The summed E-state index contributed by atoms with van der Waals surface area (Å²) < 4.78 is 39.0. The Morgan fingerprint density at radius 2 is 0.875 bits per heavy atom. The summed E-state index contributed by atoms with van der Waals surface area (Å²) in [6.07, 6.45) is 0. The molecule has 0 amide bonds. The molecule has 0 saturated heterocycles. The van der Waals surface area contributed by atoms with E-state index in [0.29, 0.717) is 0 Å². The topological polar surface area (TPSA) is 0 Å². The van der Waals surface area contributed by atoms with Gasteiger partial charge in [-0.05, 0) is 0 Å². The molecule has 0 saturated carbocycles. The van der Waals surface area contributed by atoms with Crippen LogP contribution in [0.15, 0.2) is 0 Å². The Labute approximate surface area is 112 Å². The summed E-state index contributed by atoms with van der Waals surface area (Å²) in [6, 6.07) is 0. The Bertz CT molecular complexity index is 38.5. The van der Waals surface area contributed by atoms with Crippen LogP contribution in [0, 0.1) is 0 Å². The average molecular weight is 186 g/mol. The first-order valence-corrected chi connectivity index (χ1v) is 0.873. The maximum Gasteiger partial charge on any atom is 2.00 e. The van der Waals surface area contributed by atoms with Gasteiger partial charge in [-0.2, -0.15) is 0 Å². The van der Waals surface area contributed by atoms with Crippen LogP contribution in [-0.4, -0.2) is 91.1 Å². The van der Waals surface area contributed by atoms with Crippen LogP contribution in [0.25, 0.3) is 0 Å². The first kappa shape index (κ1) is 22.4. The average Bonchev–Trinajstić information content (AvgIpc) is 0.722. The maximum absolute atomic E-state index is 9.75. The van der Waals surface area contributed by atoms with Crippen molar-refractivity contribution < 1.29 is 23.0 Å². The van der Waals surface area contributed by atoms with E-state index in [-0.39, 0.29) is 89.6 Å². The zero-order valence-electron chi connectivity index (χ0n) is 7.50. The maximum atomic E-state index is 9.75. The van der Waals surface area contributed by atoms with Gasteiger partial charge in [0.05, 0.1) is 0 Å². The molecule has 8 heavy (non-hydrogen) atoms. The molecule has 0 aromatic carbocycles. The number of hydrogen-bond acceptors (Lipinski definition) is 0.